The summed E-state index contributed by atoms with van der Waals surface area (Å²) in [6, 6.07) is 16.4. The lowest BCUT2D eigenvalue weighted by atomic mass is 9.92. The molecule has 2 aromatic rings. The summed E-state index contributed by atoms with van der Waals surface area (Å²) >= 11 is 0. The number of rotatable bonds is 1. The van der Waals surface area contributed by atoms with Crippen molar-refractivity contribution in [3.63, 3.8) is 0 Å². The van der Waals surface area contributed by atoms with Crippen molar-refractivity contribution in [2.24, 2.45) is 0 Å². The molecule has 0 saturated carbocycles. The molecule has 0 fully saturated rings. The van der Waals surface area contributed by atoms with Crippen molar-refractivity contribution < 1.29 is 4.79 Å². The number of carbonyl (C=O) groups is 1. The molecule has 0 amide bonds. The molecule has 3 rings (SSSR count). The van der Waals surface area contributed by atoms with Gasteiger partial charge in [0, 0.05) is 6.42 Å². The third kappa shape index (κ3) is 1.68. The standard InChI is InChI=1S/C16H14O/c1-11-6-8-12(9-7-11)16-14-5-3-2-4-13(14)10-15(16)17/h2-9,16H,10H2,1H3. The number of benzene rings is 2. The van der Waals surface area contributed by atoms with Crippen LogP contribution in [0.2, 0.25) is 0 Å². The van der Waals surface area contributed by atoms with Crippen molar-refractivity contribution in [2.45, 2.75) is 19.3 Å². The summed E-state index contributed by atoms with van der Waals surface area (Å²) in [5, 5.41) is 0. The average molecular weight is 222 g/mol. The van der Waals surface area contributed by atoms with Gasteiger partial charge in [-0.15, -0.1) is 0 Å². The smallest absolute Gasteiger partial charge is 0.149 e. The maximum Gasteiger partial charge on any atom is 0.149 e. The number of Topliss-reactive ketones (excluding diaryl/α,β-unsaturated/α-hetero) is 1. The first kappa shape index (κ1) is 10.3. The van der Waals surface area contributed by atoms with Crippen LogP contribution in [0.5, 0.6) is 0 Å². The Labute approximate surface area is 101 Å². The van der Waals surface area contributed by atoms with Crippen molar-refractivity contribution in [1.29, 1.82) is 0 Å². The van der Waals surface area contributed by atoms with Gasteiger partial charge >= 0.3 is 0 Å². The van der Waals surface area contributed by atoms with Gasteiger partial charge in [-0.1, -0.05) is 54.1 Å². The van der Waals surface area contributed by atoms with Crippen LogP contribution in [0.15, 0.2) is 48.5 Å². The van der Waals surface area contributed by atoms with Gasteiger partial charge in [0.2, 0.25) is 0 Å². The van der Waals surface area contributed by atoms with E-state index in [-0.39, 0.29) is 5.92 Å². The fraction of sp³-hybridized carbons (Fsp3) is 0.188. The third-order valence-electron chi connectivity index (χ3n) is 3.46. The second kappa shape index (κ2) is 3.85. The molecule has 0 radical (unpaired) electrons. The second-order valence-electron chi connectivity index (χ2n) is 4.69. The molecule has 1 nitrogen and oxygen atoms in total. The summed E-state index contributed by atoms with van der Waals surface area (Å²) in [5.41, 5.74) is 4.71. The zero-order valence-electron chi connectivity index (χ0n) is 9.81. The van der Waals surface area contributed by atoms with Gasteiger partial charge in [-0.2, -0.15) is 0 Å². The molecular weight excluding hydrogens is 208 g/mol. The molecule has 17 heavy (non-hydrogen) atoms. The minimum absolute atomic E-state index is 0.0493. The number of aryl methyl sites for hydroxylation is 1. The summed E-state index contributed by atoms with van der Waals surface area (Å²) in [5.74, 6) is 0.266. The topological polar surface area (TPSA) is 17.1 Å². The predicted molar refractivity (Wildman–Crippen MR) is 68.2 cm³/mol. The number of fused-ring (bicyclic) bond motifs is 1. The Kier molecular flexibility index (Phi) is 2.32. The highest BCUT2D eigenvalue weighted by molar-refractivity contribution is 5.95. The number of hydrogen-bond acceptors (Lipinski definition) is 1. The van der Waals surface area contributed by atoms with Crippen molar-refractivity contribution in [2.75, 3.05) is 0 Å². The molecular formula is C16H14O. The summed E-state index contributed by atoms with van der Waals surface area (Å²) in [7, 11) is 0. The molecule has 84 valence electrons. The summed E-state index contributed by atoms with van der Waals surface area (Å²) in [6.07, 6.45) is 0.578. The molecule has 0 spiro atoms. The predicted octanol–water partition coefficient (Wildman–Crippen LogP) is 3.25. The van der Waals surface area contributed by atoms with E-state index in [4.69, 9.17) is 0 Å². The van der Waals surface area contributed by atoms with E-state index < -0.39 is 0 Å². The molecule has 0 aromatic heterocycles. The minimum Gasteiger partial charge on any atom is -0.298 e. The Bertz CT molecular complexity index is 566. The van der Waals surface area contributed by atoms with Gasteiger partial charge in [-0.25, -0.2) is 0 Å². The molecule has 1 aliphatic rings. The average Bonchev–Trinajstić information content (AvgIpc) is 2.66. The molecule has 0 N–H and O–H groups in total. The van der Waals surface area contributed by atoms with E-state index >= 15 is 0 Å². The Hall–Kier alpha value is -1.89. The molecule has 1 aliphatic carbocycles. The number of carbonyl (C=O) groups excluding carboxylic acids is 1. The van der Waals surface area contributed by atoms with Crippen molar-refractivity contribution >= 4 is 5.78 Å². The second-order valence-corrected chi connectivity index (χ2v) is 4.69. The summed E-state index contributed by atoms with van der Waals surface area (Å²) in [4.78, 5) is 12.1. The SMILES string of the molecule is Cc1ccc(C2C(=O)Cc3ccccc32)cc1. The first-order valence-corrected chi connectivity index (χ1v) is 5.93. The van der Waals surface area contributed by atoms with Crippen LogP contribution in [0.1, 0.15) is 28.2 Å². The van der Waals surface area contributed by atoms with E-state index in [1.165, 1.54) is 16.7 Å². The summed E-state index contributed by atoms with van der Waals surface area (Å²) in [6.45, 7) is 2.06. The van der Waals surface area contributed by atoms with Crippen molar-refractivity contribution in [3.8, 4) is 0 Å². The molecule has 1 heteroatoms. The fourth-order valence-electron chi connectivity index (χ4n) is 2.56. The molecule has 0 saturated heterocycles. The highest BCUT2D eigenvalue weighted by Crippen LogP contribution is 2.35. The van der Waals surface area contributed by atoms with E-state index in [0.717, 1.165) is 5.56 Å². The lowest BCUT2D eigenvalue weighted by Crippen LogP contribution is -2.07. The maximum absolute atomic E-state index is 12.1. The normalized spacial score (nSPS) is 18.2. The van der Waals surface area contributed by atoms with Gasteiger partial charge < -0.3 is 0 Å². The van der Waals surface area contributed by atoms with E-state index in [9.17, 15) is 4.79 Å². The first-order valence-electron chi connectivity index (χ1n) is 5.93. The molecule has 0 aliphatic heterocycles. The largest absolute Gasteiger partial charge is 0.298 e. The van der Waals surface area contributed by atoms with Crippen LogP contribution in [0.25, 0.3) is 0 Å². The van der Waals surface area contributed by atoms with Crippen LogP contribution in [0.4, 0.5) is 0 Å². The lowest BCUT2D eigenvalue weighted by Gasteiger charge is -2.10. The van der Waals surface area contributed by atoms with Gasteiger partial charge in [0.15, 0.2) is 0 Å². The van der Waals surface area contributed by atoms with Gasteiger partial charge in [0.05, 0.1) is 5.92 Å². The van der Waals surface area contributed by atoms with Crippen LogP contribution < -0.4 is 0 Å². The van der Waals surface area contributed by atoms with Crippen molar-refractivity contribution in [1.82, 2.24) is 0 Å². The highest BCUT2D eigenvalue weighted by Gasteiger charge is 2.31. The quantitative estimate of drug-likeness (QED) is 0.724. The molecule has 0 bridgehead atoms. The fourth-order valence-corrected chi connectivity index (χ4v) is 2.56. The van der Waals surface area contributed by atoms with Crippen LogP contribution >= 0.6 is 0 Å². The number of ketones is 1. The van der Waals surface area contributed by atoms with Crippen LogP contribution in [0.3, 0.4) is 0 Å². The Balaban J connectivity index is 2.09. The molecule has 2 aromatic carbocycles. The third-order valence-corrected chi connectivity index (χ3v) is 3.46. The Morgan fingerprint density at radius 3 is 2.47 bits per heavy atom. The monoisotopic (exact) mass is 222 g/mol. The molecule has 1 atom stereocenters. The van der Waals surface area contributed by atoms with Crippen LogP contribution in [0, 0.1) is 6.92 Å². The van der Waals surface area contributed by atoms with Gasteiger partial charge in [-0.3, -0.25) is 4.79 Å². The van der Waals surface area contributed by atoms with Crippen LogP contribution in [-0.4, -0.2) is 5.78 Å². The van der Waals surface area contributed by atoms with E-state index in [2.05, 4.69) is 43.3 Å². The zero-order valence-corrected chi connectivity index (χ0v) is 9.81. The van der Waals surface area contributed by atoms with Gasteiger partial charge in [-0.05, 0) is 23.6 Å². The zero-order chi connectivity index (χ0) is 11.8. The maximum atomic E-state index is 12.1. The Morgan fingerprint density at radius 2 is 1.71 bits per heavy atom. The van der Waals surface area contributed by atoms with Gasteiger partial charge in [0.1, 0.15) is 5.78 Å². The van der Waals surface area contributed by atoms with Gasteiger partial charge in [0.25, 0.3) is 0 Å². The van der Waals surface area contributed by atoms with Crippen LogP contribution in [-0.2, 0) is 11.2 Å². The molecule has 0 heterocycles. The Morgan fingerprint density at radius 1 is 1.00 bits per heavy atom. The first-order chi connectivity index (χ1) is 8.25. The van der Waals surface area contributed by atoms with E-state index in [1.807, 2.05) is 12.1 Å². The van der Waals surface area contributed by atoms with Crippen molar-refractivity contribution in [3.05, 3.63) is 70.8 Å². The lowest BCUT2D eigenvalue weighted by molar-refractivity contribution is -0.118. The van der Waals surface area contributed by atoms with E-state index in [1.54, 1.807) is 0 Å². The highest BCUT2D eigenvalue weighted by atomic mass is 16.1. The summed E-state index contributed by atoms with van der Waals surface area (Å²) < 4.78 is 0. The minimum atomic E-state index is -0.0493. The number of hydrogen-bond donors (Lipinski definition) is 0. The van der Waals surface area contributed by atoms with E-state index in [0.29, 0.717) is 12.2 Å². The molecule has 1 unspecified atom stereocenters.